The third kappa shape index (κ3) is 4.12. The molecular weight excluding hydrogens is 304 g/mol. The molecular formula is C17H17F2NO3. The topological polar surface area (TPSA) is 72.6 Å². The minimum Gasteiger partial charge on any atom is -0.462 e. The first-order valence-corrected chi connectivity index (χ1v) is 7.06. The fourth-order valence-corrected chi connectivity index (χ4v) is 2.12. The fraction of sp³-hybridized carbons (Fsp3) is 0.235. The summed E-state index contributed by atoms with van der Waals surface area (Å²) < 4.78 is 31.4. The van der Waals surface area contributed by atoms with Crippen molar-refractivity contribution in [3.63, 3.8) is 0 Å². The number of carbonyl (C=O) groups excluding carboxylic acids is 1. The molecule has 0 aliphatic rings. The molecule has 0 aliphatic heterocycles. The summed E-state index contributed by atoms with van der Waals surface area (Å²) in [5.74, 6) is -2.62. The molecule has 122 valence electrons. The van der Waals surface area contributed by atoms with E-state index in [0.717, 1.165) is 12.1 Å². The number of hydrogen-bond donors (Lipinski definition) is 2. The molecule has 2 aromatic rings. The minimum atomic E-state index is -1.61. The third-order valence-electron chi connectivity index (χ3n) is 3.55. The Hall–Kier alpha value is -2.31. The summed E-state index contributed by atoms with van der Waals surface area (Å²) in [4.78, 5) is 11.8. The molecule has 23 heavy (non-hydrogen) atoms. The van der Waals surface area contributed by atoms with E-state index in [-0.39, 0.29) is 25.1 Å². The lowest BCUT2D eigenvalue weighted by molar-refractivity contribution is 0.00565. The number of benzene rings is 2. The van der Waals surface area contributed by atoms with Gasteiger partial charge in [-0.2, -0.15) is 0 Å². The van der Waals surface area contributed by atoms with Gasteiger partial charge in [0.25, 0.3) is 0 Å². The Kier molecular flexibility index (Phi) is 5.41. The van der Waals surface area contributed by atoms with Crippen LogP contribution in [0.25, 0.3) is 0 Å². The quantitative estimate of drug-likeness (QED) is 0.801. The van der Waals surface area contributed by atoms with E-state index in [0.29, 0.717) is 5.56 Å². The number of ether oxygens (including phenoxy) is 1. The normalized spacial score (nSPS) is 13.4. The van der Waals surface area contributed by atoms with Crippen LogP contribution in [0.5, 0.6) is 0 Å². The molecule has 2 rings (SSSR count). The van der Waals surface area contributed by atoms with Crippen LogP contribution in [-0.4, -0.2) is 24.2 Å². The van der Waals surface area contributed by atoms with Crippen LogP contribution < -0.4 is 5.73 Å². The molecule has 0 radical (unpaired) electrons. The van der Waals surface area contributed by atoms with Crippen molar-refractivity contribution in [2.24, 2.45) is 5.73 Å². The van der Waals surface area contributed by atoms with Crippen LogP contribution in [0.1, 0.15) is 22.3 Å². The van der Waals surface area contributed by atoms with E-state index in [2.05, 4.69) is 0 Å². The Morgan fingerprint density at radius 1 is 1.13 bits per heavy atom. The second-order valence-electron chi connectivity index (χ2n) is 5.12. The van der Waals surface area contributed by atoms with E-state index in [1.54, 1.807) is 30.3 Å². The highest BCUT2D eigenvalue weighted by molar-refractivity contribution is 5.89. The van der Waals surface area contributed by atoms with Gasteiger partial charge in [-0.05, 0) is 29.8 Å². The molecule has 1 atom stereocenters. The number of esters is 1. The summed E-state index contributed by atoms with van der Waals surface area (Å²) in [6, 6.07) is 11.4. The summed E-state index contributed by atoms with van der Waals surface area (Å²) in [7, 11) is 0. The van der Waals surface area contributed by atoms with E-state index < -0.39 is 23.2 Å². The zero-order valence-electron chi connectivity index (χ0n) is 12.3. The number of rotatable bonds is 6. The first-order valence-electron chi connectivity index (χ1n) is 7.06. The van der Waals surface area contributed by atoms with E-state index >= 15 is 0 Å². The van der Waals surface area contributed by atoms with Gasteiger partial charge >= 0.3 is 5.97 Å². The second kappa shape index (κ2) is 7.30. The van der Waals surface area contributed by atoms with Crippen LogP contribution in [0.15, 0.2) is 48.5 Å². The molecule has 2 aromatic carbocycles. The Morgan fingerprint density at radius 2 is 1.83 bits per heavy atom. The highest BCUT2D eigenvalue weighted by atomic mass is 19.2. The van der Waals surface area contributed by atoms with Gasteiger partial charge in [0, 0.05) is 13.0 Å². The van der Waals surface area contributed by atoms with Gasteiger partial charge < -0.3 is 15.6 Å². The van der Waals surface area contributed by atoms with Gasteiger partial charge in [-0.25, -0.2) is 13.6 Å². The lowest BCUT2D eigenvalue weighted by atomic mass is 9.90. The van der Waals surface area contributed by atoms with Gasteiger partial charge in [0.1, 0.15) is 5.60 Å². The molecule has 0 aromatic heterocycles. The van der Waals surface area contributed by atoms with E-state index in [4.69, 9.17) is 10.5 Å². The first-order chi connectivity index (χ1) is 11.0. The summed E-state index contributed by atoms with van der Waals surface area (Å²) in [5.41, 5.74) is 4.46. The van der Waals surface area contributed by atoms with E-state index in [9.17, 15) is 18.7 Å². The molecule has 0 bridgehead atoms. The Morgan fingerprint density at radius 3 is 2.43 bits per heavy atom. The highest BCUT2D eigenvalue weighted by Gasteiger charge is 2.29. The maximum atomic E-state index is 13.3. The molecule has 0 saturated heterocycles. The maximum Gasteiger partial charge on any atom is 0.338 e. The standard InChI is InChI=1S/C17H17F2NO3/c18-14-7-6-13(10-15(14)19)17(22,11-20)8-9-23-16(21)12-4-2-1-3-5-12/h1-7,10,22H,8-9,11,20H2. The van der Waals surface area contributed by atoms with Crippen molar-refractivity contribution in [1.82, 2.24) is 0 Å². The van der Waals surface area contributed by atoms with Crippen molar-refractivity contribution in [3.8, 4) is 0 Å². The number of carbonyl (C=O) groups is 1. The zero-order valence-corrected chi connectivity index (χ0v) is 12.3. The average molecular weight is 321 g/mol. The van der Waals surface area contributed by atoms with Crippen molar-refractivity contribution >= 4 is 5.97 Å². The summed E-state index contributed by atoms with van der Waals surface area (Å²) >= 11 is 0. The Labute approximate surface area is 132 Å². The highest BCUT2D eigenvalue weighted by Crippen LogP contribution is 2.25. The predicted molar refractivity (Wildman–Crippen MR) is 80.7 cm³/mol. The minimum absolute atomic E-state index is 0.0346. The van der Waals surface area contributed by atoms with Gasteiger partial charge in [0.05, 0.1) is 12.2 Å². The molecule has 6 heteroatoms. The average Bonchev–Trinajstić information content (AvgIpc) is 2.57. The molecule has 0 aliphatic carbocycles. The van der Waals surface area contributed by atoms with Crippen molar-refractivity contribution in [3.05, 3.63) is 71.3 Å². The summed E-state index contributed by atoms with van der Waals surface area (Å²) in [6.07, 6.45) is -0.0346. The predicted octanol–water partition coefficient (Wildman–Crippen LogP) is 2.36. The molecule has 0 spiro atoms. The third-order valence-corrected chi connectivity index (χ3v) is 3.55. The van der Waals surface area contributed by atoms with Crippen LogP contribution in [-0.2, 0) is 10.3 Å². The second-order valence-corrected chi connectivity index (χ2v) is 5.12. The molecule has 0 heterocycles. The maximum absolute atomic E-state index is 13.3. The lowest BCUT2D eigenvalue weighted by Crippen LogP contribution is -2.36. The van der Waals surface area contributed by atoms with Gasteiger partial charge in [-0.3, -0.25) is 0 Å². The summed E-state index contributed by atoms with van der Waals surface area (Å²) in [5, 5.41) is 10.5. The molecule has 0 amide bonds. The molecule has 1 unspecified atom stereocenters. The van der Waals surface area contributed by atoms with Crippen molar-refractivity contribution in [2.75, 3.05) is 13.2 Å². The van der Waals surface area contributed by atoms with Gasteiger partial charge in [0.2, 0.25) is 0 Å². The smallest absolute Gasteiger partial charge is 0.338 e. The number of hydrogen-bond acceptors (Lipinski definition) is 4. The van der Waals surface area contributed by atoms with Crippen LogP contribution in [0.4, 0.5) is 8.78 Å². The fourth-order valence-electron chi connectivity index (χ4n) is 2.12. The van der Waals surface area contributed by atoms with E-state index in [1.807, 2.05) is 0 Å². The van der Waals surface area contributed by atoms with Gasteiger partial charge in [-0.1, -0.05) is 24.3 Å². The number of halogens is 2. The van der Waals surface area contributed by atoms with E-state index in [1.165, 1.54) is 6.07 Å². The zero-order chi connectivity index (χ0) is 16.9. The van der Waals surface area contributed by atoms with Crippen molar-refractivity contribution in [1.29, 1.82) is 0 Å². The van der Waals surface area contributed by atoms with Crippen LogP contribution >= 0.6 is 0 Å². The Balaban J connectivity index is 2.01. The number of aliphatic hydroxyl groups is 1. The SMILES string of the molecule is NCC(O)(CCOC(=O)c1ccccc1)c1ccc(F)c(F)c1. The van der Waals surface area contributed by atoms with Gasteiger partial charge in [-0.15, -0.1) is 0 Å². The first kappa shape index (κ1) is 17.1. The van der Waals surface area contributed by atoms with Crippen molar-refractivity contribution < 1.29 is 23.4 Å². The van der Waals surface area contributed by atoms with Crippen molar-refractivity contribution in [2.45, 2.75) is 12.0 Å². The summed E-state index contributed by atoms with van der Waals surface area (Å²) in [6.45, 7) is -0.332. The monoisotopic (exact) mass is 321 g/mol. The van der Waals surface area contributed by atoms with Crippen LogP contribution in [0.3, 0.4) is 0 Å². The van der Waals surface area contributed by atoms with Crippen LogP contribution in [0, 0.1) is 11.6 Å². The number of nitrogens with two attached hydrogens (primary N) is 1. The van der Waals surface area contributed by atoms with Crippen LogP contribution in [0.2, 0.25) is 0 Å². The molecule has 0 saturated carbocycles. The molecule has 0 fully saturated rings. The lowest BCUT2D eigenvalue weighted by Gasteiger charge is -2.27. The Bertz CT molecular complexity index is 679. The van der Waals surface area contributed by atoms with Gasteiger partial charge in [0.15, 0.2) is 11.6 Å². The largest absolute Gasteiger partial charge is 0.462 e. The molecule has 4 nitrogen and oxygen atoms in total. The molecule has 3 N–H and O–H groups in total.